The number of rotatable bonds is 5. The van der Waals surface area contributed by atoms with Crippen LogP contribution in [0.2, 0.25) is 0 Å². The zero-order valence-electron chi connectivity index (χ0n) is 11.3. The van der Waals surface area contributed by atoms with Gasteiger partial charge < -0.3 is 5.32 Å². The van der Waals surface area contributed by atoms with Crippen LogP contribution < -0.4 is 5.32 Å². The van der Waals surface area contributed by atoms with E-state index in [4.69, 9.17) is 0 Å². The Morgan fingerprint density at radius 2 is 2.11 bits per heavy atom. The number of thiazole rings is 2. The van der Waals surface area contributed by atoms with E-state index in [1.54, 1.807) is 22.7 Å². The lowest BCUT2D eigenvalue weighted by Crippen LogP contribution is -2.17. The maximum absolute atomic E-state index is 4.47. The van der Waals surface area contributed by atoms with Crippen molar-refractivity contribution in [2.45, 2.75) is 46.7 Å². The van der Waals surface area contributed by atoms with Gasteiger partial charge in [0.1, 0.15) is 5.01 Å². The second kappa shape index (κ2) is 5.91. The molecule has 2 aromatic rings. The number of hydrogen-bond donors (Lipinski definition) is 1. The number of aryl methyl sites for hydroxylation is 3. The van der Waals surface area contributed by atoms with Crippen molar-refractivity contribution in [3.63, 3.8) is 0 Å². The van der Waals surface area contributed by atoms with E-state index in [1.807, 2.05) is 6.20 Å². The first-order valence-corrected chi connectivity index (χ1v) is 7.84. The second-order valence-corrected chi connectivity index (χ2v) is 6.80. The summed E-state index contributed by atoms with van der Waals surface area (Å²) in [6.45, 7) is 9.34. The lowest BCUT2D eigenvalue weighted by Gasteiger charge is -2.10. The molecule has 0 aromatic carbocycles. The van der Waals surface area contributed by atoms with Crippen molar-refractivity contribution in [3.8, 4) is 0 Å². The minimum atomic E-state index is 0.303. The lowest BCUT2D eigenvalue weighted by molar-refractivity contribution is 0.574. The van der Waals surface area contributed by atoms with Crippen LogP contribution in [0.1, 0.15) is 45.4 Å². The van der Waals surface area contributed by atoms with E-state index in [9.17, 15) is 0 Å². The van der Waals surface area contributed by atoms with Crippen LogP contribution in [0.25, 0.3) is 0 Å². The summed E-state index contributed by atoms with van der Waals surface area (Å²) < 4.78 is 0. The number of aromatic nitrogens is 2. The summed E-state index contributed by atoms with van der Waals surface area (Å²) in [4.78, 5) is 11.6. The van der Waals surface area contributed by atoms with Gasteiger partial charge in [-0.3, -0.25) is 0 Å². The van der Waals surface area contributed by atoms with E-state index < -0.39 is 0 Å². The van der Waals surface area contributed by atoms with Gasteiger partial charge in [-0.15, -0.1) is 22.7 Å². The molecule has 0 radical (unpaired) electrons. The van der Waals surface area contributed by atoms with Crippen molar-refractivity contribution in [2.75, 3.05) is 0 Å². The largest absolute Gasteiger partial charge is 0.303 e. The molecule has 2 rings (SSSR count). The highest BCUT2D eigenvalue weighted by Crippen LogP contribution is 2.22. The van der Waals surface area contributed by atoms with Crippen LogP contribution in [0, 0.1) is 13.8 Å². The van der Waals surface area contributed by atoms with Gasteiger partial charge >= 0.3 is 0 Å². The molecule has 2 aromatic heterocycles. The van der Waals surface area contributed by atoms with Crippen molar-refractivity contribution in [1.82, 2.24) is 15.3 Å². The summed E-state index contributed by atoms with van der Waals surface area (Å²) in [5.41, 5.74) is 1.14. The van der Waals surface area contributed by atoms with Crippen molar-refractivity contribution in [1.29, 1.82) is 0 Å². The molecule has 1 N–H and O–H groups in total. The highest BCUT2D eigenvalue weighted by Gasteiger charge is 2.11. The molecule has 1 unspecified atom stereocenters. The van der Waals surface area contributed by atoms with Gasteiger partial charge in [-0.25, -0.2) is 9.97 Å². The zero-order chi connectivity index (χ0) is 13.1. The first-order chi connectivity index (χ1) is 8.60. The molecule has 3 nitrogen and oxygen atoms in total. The summed E-state index contributed by atoms with van der Waals surface area (Å²) in [6, 6.07) is 0.303. The van der Waals surface area contributed by atoms with Crippen LogP contribution in [0.3, 0.4) is 0 Å². The Morgan fingerprint density at radius 3 is 2.67 bits per heavy atom. The first kappa shape index (κ1) is 13.6. The smallest absolute Gasteiger partial charge is 0.109 e. The molecule has 0 amide bonds. The predicted octanol–water partition coefficient (Wildman–Crippen LogP) is 3.63. The monoisotopic (exact) mass is 281 g/mol. The molecule has 2 heterocycles. The van der Waals surface area contributed by atoms with Crippen molar-refractivity contribution in [3.05, 3.63) is 31.7 Å². The summed E-state index contributed by atoms with van der Waals surface area (Å²) in [6.07, 6.45) is 3.05. The number of nitrogens with zero attached hydrogens (tertiary/aromatic N) is 2. The van der Waals surface area contributed by atoms with Gasteiger partial charge in [0, 0.05) is 22.5 Å². The molecule has 0 aliphatic heterocycles. The van der Waals surface area contributed by atoms with Crippen molar-refractivity contribution in [2.24, 2.45) is 0 Å². The van der Waals surface area contributed by atoms with Gasteiger partial charge in [-0.05, 0) is 27.2 Å². The molecule has 0 aliphatic carbocycles. The van der Waals surface area contributed by atoms with Gasteiger partial charge in [0.15, 0.2) is 0 Å². The molecular formula is C13H19N3S2. The maximum Gasteiger partial charge on any atom is 0.109 e. The average Bonchev–Trinajstić information content (AvgIpc) is 2.93. The van der Waals surface area contributed by atoms with E-state index in [-0.39, 0.29) is 0 Å². The third kappa shape index (κ3) is 3.16. The fraction of sp³-hybridized carbons (Fsp3) is 0.538. The third-order valence-electron chi connectivity index (χ3n) is 2.86. The van der Waals surface area contributed by atoms with Crippen LogP contribution in [0.4, 0.5) is 0 Å². The average molecular weight is 281 g/mol. The third-order valence-corrected chi connectivity index (χ3v) is 5.26. The first-order valence-electron chi connectivity index (χ1n) is 6.21. The molecule has 0 bridgehead atoms. The minimum absolute atomic E-state index is 0.303. The Labute approximate surface area is 116 Å². The van der Waals surface area contributed by atoms with Crippen LogP contribution >= 0.6 is 22.7 Å². The van der Waals surface area contributed by atoms with Gasteiger partial charge in [0.05, 0.1) is 16.7 Å². The van der Waals surface area contributed by atoms with Crippen molar-refractivity contribution >= 4 is 22.7 Å². The summed E-state index contributed by atoms with van der Waals surface area (Å²) in [5.74, 6) is 0. The SMILES string of the molecule is CCc1cnc(C(C)NCc2sc(C)nc2C)s1. The molecular weight excluding hydrogens is 262 g/mol. The molecule has 0 saturated heterocycles. The Balaban J connectivity index is 1.95. The number of hydrogen-bond acceptors (Lipinski definition) is 5. The normalized spacial score (nSPS) is 12.9. The topological polar surface area (TPSA) is 37.8 Å². The van der Waals surface area contributed by atoms with E-state index in [2.05, 4.69) is 43.0 Å². The van der Waals surface area contributed by atoms with Crippen LogP contribution in [0.5, 0.6) is 0 Å². The quantitative estimate of drug-likeness (QED) is 0.909. The molecule has 0 aliphatic rings. The molecule has 0 saturated carbocycles. The van der Waals surface area contributed by atoms with Crippen LogP contribution in [-0.2, 0) is 13.0 Å². The molecule has 98 valence electrons. The van der Waals surface area contributed by atoms with Crippen molar-refractivity contribution < 1.29 is 0 Å². The van der Waals surface area contributed by atoms with E-state index in [0.717, 1.165) is 23.7 Å². The van der Waals surface area contributed by atoms with E-state index in [1.165, 1.54) is 14.8 Å². The van der Waals surface area contributed by atoms with Gasteiger partial charge in [0.25, 0.3) is 0 Å². The zero-order valence-corrected chi connectivity index (χ0v) is 12.9. The molecule has 5 heteroatoms. The predicted molar refractivity (Wildman–Crippen MR) is 78.3 cm³/mol. The van der Waals surface area contributed by atoms with Gasteiger partial charge in [0.2, 0.25) is 0 Å². The Kier molecular flexibility index (Phi) is 4.48. The lowest BCUT2D eigenvalue weighted by atomic mass is 10.3. The van der Waals surface area contributed by atoms with E-state index in [0.29, 0.717) is 6.04 Å². The summed E-state index contributed by atoms with van der Waals surface area (Å²) in [7, 11) is 0. The summed E-state index contributed by atoms with van der Waals surface area (Å²) in [5, 5.41) is 5.84. The van der Waals surface area contributed by atoms with Gasteiger partial charge in [-0.1, -0.05) is 6.92 Å². The highest BCUT2D eigenvalue weighted by molar-refractivity contribution is 7.12. The fourth-order valence-corrected chi connectivity index (χ4v) is 3.53. The molecule has 0 spiro atoms. The maximum atomic E-state index is 4.47. The Bertz CT molecular complexity index is 516. The van der Waals surface area contributed by atoms with E-state index >= 15 is 0 Å². The number of nitrogens with one attached hydrogen (secondary N) is 1. The summed E-state index contributed by atoms with van der Waals surface area (Å²) >= 11 is 3.57. The van der Waals surface area contributed by atoms with Crippen LogP contribution in [0.15, 0.2) is 6.20 Å². The molecule has 1 atom stereocenters. The van der Waals surface area contributed by atoms with Gasteiger partial charge in [-0.2, -0.15) is 0 Å². The standard InChI is InChI=1S/C13H19N3S2/c1-5-11-6-15-13(18-11)9(3)14-7-12-8(2)16-10(4)17-12/h6,9,14H,5,7H2,1-4H3. The molecule has 18 heavy (non-hydrogen) atoms. The second-order valence-electron chi connectivity index (χ2n) is 4.36. The highest BCUT2D eigenvalue weighted by atomic mass is 32.1. The fourth-order valence-electron chi connectivity index (χ4n) is 1.76. The minimum Gasteiger partial charge on any atom is -0.303 e. The molecule has 0 fully saturated rings. The Morgan fingerprint density at radius 1 is 1.33 bits per heavy atom. The van der Waals surface area contributed by atoms with Crippen LogP contribution in [-0.4, -0.2) is 9.97 Å². The Hall–Kier alpha value is -0.780.